The van der Waals surface area contributed by atoms with Crippen molar-refractivity contribution in [2.24, 2.45) is 0 Å². The van der Waals surface area contributed by atoms with Gasteiger partial charge < -0.3 is 0 Å². The van der Waals surface area contributed by atoms with Gasteiger partial charge in [-0.2, -0.15) is 17.6 Å². The standard InChI is InChI=1S/C2F4O2/c3-1(4,7)2(5,6)8. The molecule has 0 aliphatic heterocycles. The van der Waals surface area contributed by atoms with Gasteiger partial charge in [-0.1, -0.05) is 0 Å². The highest BCUT2D eigenvalue weighted by Gasteiger charge is 2.58. The minimum atomic E-state index is -5.70. The molecule has 0 aliphatic rings. The van der Waals surface area contributed by atoms with Crippen LogP contribution in [0.1, 0.15) is 0 Å². The van der Waals surface area contributed by atoms with E-state index in [1.54, 1.807) is 0 Å². The molecule has 0 atom stereocenters. The Morgan fingerprint density at radius 1 is 0.750 bits per heavy atom. The van der Waals surface area contributed by atoms with Crippen LogP contribution in [-0.2, 0) is 10.2 Å². The van der Waals surface area contributed by atoms with E-state index in [0.29, 0.717) is 0 Å². The zero-order valence-corrected chi connectivity index (χ0v) is 3.33. The van der Waals surface area contributed by atoms with E-state index in [-0.39, 0.29) is 0 Å². The van der Waals surface area contributed by atoms with Gasteiger partial charge in [0.2, 0.25) is 0 Å². The summed E-state index contributed by atoms with van der Waals surface area (Å²) in [5, 5.41) is 17.5. The summed E-state index contributed by atoms with van der Waals surface area (Å²) in [6.07, 6.45) is -11.4. The highest BCUT2D eigenvalue weighted by atomic mass is 19.3. The van der Waals surface area contributed by atoms with E-state index >= 15 is 0 Å². The summed E-state index contributed by atoms with van der Waals surface area (Å²) in [7, 11) is 0. The fourth-order valence-electron chi connectivity index (χ4n) is 0. The molecule has 0 rings (SSSR count). The van der Waals surface area contributed by atoms with Gasteiger partial charge in [-0.25, -0.2) is 0 Å². The van der Waals surface area contributed by atoms with Crippen molar-refractivity contribution in [3.63, 3.8) is 0 Å². The number of halogens is 4. The van der Waals surface area contributed by atoms with E-state index in [4.69, 9.17) is 10.2 Å². The molecule has 0 aromatic carbocycles. The van der Waals surface area contributed by atoms with Crippen molar-refractivity contribution in [3.05, 3.63) is 0 Å². The molecule has 0 unspecified atom stereocenters. The third-order valence-corrected chi connectivity index (χ3v) is 0.339. The zero-order valence-electron chi connectivity index (χ0n) is 3.33. The lowest BCUT2D eigenvalue weighted by molar-refractivity contribution is -0.442. The van der Waals surface area contributed by atoms with Crippen LogP contribution in [0.5, 0.6) is 0 Å². The van der Waals surface area contributed by atoms with Gasteiger partial charge in [0, 0.05) is 0 Å². The summed E-state index contributed by atoms with van der Waals surface area (Å²) in [5.74, 6) is 0. The van der Waals surface area contributed by atoms with Crippen molar-refractivity contribution in [1.29, 1.82) is 0 Å². The lowest BCUT2D eigenvalue weighted by atomic mass is 10.6. The molecule has 0 bridgehead atoms. The van der Waals surface area contributed by atoms with E-state index in [9.17, 15) is 17.6 Å². The van der Waals surface area contributed by atoms with Gasteiger partial charge in [-0.15, -0.1) is 10.2 Å². The fraction of sp³-hybridized carbons (Fsp3) is 1.00. The average Bonchev–Trinajstić information content (AvgIpc) is 1.25. The monoisotopic (exact) mass is 132 g/mol. The fourth-order valence-corrected chi connectivity index (χ4v) is 0. The maximum atomic E-state index is 10.6. The Kier molecular flexibility index (Phi) is 1.49. The Labute approximate surface area is 41.4 Å². The largest absolute Gasteiger partial charge is 0.477 e. The van der Waals surface area contributed by atoms with Crippen molar-refractivity contribution in [1.82, 2.24) is 0 Å². The molecule has 0 amide bonds. The molecular formula is C2F4O2. The molecule has 0 aromatic heterocycles. The van der Waals surface area contributed by atoms with E-state index in [1.165, 1.54) is 0 Å². The number of hydrogen-bond acceptors (Lipinski definition) is 0. The van der Waals surface area contributed by atoms with Crippen LogP contribution < -0.4 is 0 Å². The van der Waals surface area contributed by atoms with Gasteiger partial charge in [0.05, 0.1) is 0 Å². The third kappa shape index (κ3) is 1.63. The van der Waals surface area contributed by atoms with Gasteiger partial charge in [-0.3, -0.25) is 0 Å². The second-order valence-electron chi connectivity index (χ2n) is 1.03. The maximum Gasteiger partial charge on any atom is 0.477 e. The van der Waals surface area contributed by atoms with Crippen LogP contribution in [0.15, 0.2) is 0 Å². The molecule has 0 heterocycles. The Bertz CT molecular complexity index is 67.0. The lowest BCUT2D eigenvalue weighted by Crippen LogP contribution is -2.37. The van der Waals surface area contributed by atoms with Gasteiger partial charge in [0.25, 0.3) is 0 Å². The van der Waals surface area contributed by atoms with Crippen LogP contribution in [0.25, 0.3) is 0 Å². The summed E-state index contributed by atoms with van der Waals surface area (Å²) >= 11 is 0. The molecule has 48 valence electrons. The molecular weight excluding hydrogens is 132 g/mol. The van der Waals surface area contributed by atoms with Crippen molar-refractivity contribution in [2.75, 3.05) is 0 Å². The molecule has 6 heteroatoms. The number of alkyl halides is 4. The van der Waals surface area contributed by atoms with Crippen LogP contribution in [0, 0.1) is 0 Å². The Morgan fingerprint density at radius 2 is 0.875 bits per heavy atom. The highest BCUT2D eigenvalue weighted by Crippen LogP contribution is 2.29. The molecule has 0 N–H and O–H groups in total. The molecule has 8 heavy (non-hydrogen) atoms. The second-order valence-corrected chi connectivity index (χ2v) is 1.03. The summed E-state index contributed by atoms with van der Waals surface area (Å²) < 4.78 is 42.4. The Hall–Kier alpha value is -0.360. The van der Waals surface area contributed by atoms with Crippen molar-refractivity contribution >= 4 is 0 Å². The molecule has 2 nitrogen and oxygen atoms in total. The van der Waals surface area contributed by atoms with E-state index < -0.39 is 12.2 Å². The first-order valence-corrected chi connectivity index (χ1v) is 1.41. The number of hydrogen-bond donors (Lipinski definition) is 0. The van der Waals surface area contributed by atoms with Crippen LogP contribution in [-0.4, -0.2) is 12.2 Å². The summed E-state index contributed by atoms with van der Waals surface area (Å²) in [6.45, 7) is 0. The summed E-state index contributed by atoms with van der Waals surface area (Å²) in [4.78, 5) is 0. The van der Waals surface area contributed by atoms with Crippen LogP contribution in [0.3, 0.4) is 0 Å². The normalized spacial score (nSPS) is 14.2. The van der Waals surface area contributed by atoms with Gasteiger partial charge in [0.15, 0.2) is 0 Å². The average molecular weight is 132 g/mol. The molecule has 0 spiro atoms. The van der Waals surface area contributed by atoms with Crippen LogP contribution in [0.4, 0.5) is 17.6 Å². The Balaban J connectivity index is 4.02. The highest BCUT2D eigenvalue weighted by molar-refractivity contribution is 4.57. The molecule has 0 aliphatic carbocycles. The topological polar surface area (TPSA) is 39.8 Å². The minimum absolute atomic E-state index is 5.70. The molecule has 0 saturated heterocycles. The maximum absolute atomic E-state index is 10.6. The molecule has 0 saturated carbocycles. The van der Waals surface area contributed by atoms with Crippen LogP contribution >= 0.6 is 0 Å². The smallest absolute Gasteiger partial charge is 0.164 e. The van der Waals surface area contributed by atoms with Gasteiger partial charge in [0.1, 0.15) is 0 Å². The SMILES string of the molecule is [O]C(F)(F)C([O])(F)F. The lowest BCUT2D eigenvalue weighted by Gasteiger charge is -2.08. The quantitative estimate of drug-likeness (QED) is 0.478. The van der Waals surface area contributed by atoms with E-state index in [0.717, 1.165) is 0 Å². The summed E-state index contributed by atoms with van der Waals surface area (Å²) in [5.41, 5.74) is 0. The van der Waals surface area contributed by atoms with Crippen molar-refractivity contribution in [3.8, 4) is 0 Å². The first kappa shape index (κ1) is 7.64. The van der Waals surface area contributed by atoms with E-state index in [1.807, 2.05) is 0 Å². The molecule has 0 fully saturated rings. The molecule has 2 radical (unpaired) electrons. The number of rotatable bonds is 1. The van der Waals surface area contributed by atoms with Crippen molar-refractivity contribution in [2.45, 2.75) is 12.2 Å². The van der Waals surface area contributed by atoms with Gasteiger partial charge >= 0.3 is 12.2 Å². The van der Waals surface area contributed by atoms with Crippen LogP contribution in [0.2, 0.25) is 0 Å². The van der Waals surface area contributed by atoms with Crippen molar-refractivity contribution < 1.29 is 27.8 Å². The molecule has 0 aromatic rings. The Morgan fingerprint density at radius 3 is 0.875 bits per heavy atom. The predicted molar refractivity (Wildman–Crippen MR) is 11.3 cm³/mol. The second kappa shape index (κ2) is 1.56. The first-order chi connectivity index (χ1) is 3.25. The third-order valence-electron chi connectivity index (χ3n) is 0.339. The summed E-state index contributed by atoms with van der Waals surface area (Å²) in [6, 6.07) is 0. The van der Waals surface area contributed by atoms with Gasteiger partial charge in [-0.05, 0) is 0 Å². The predicted octanol–water partition coefficient (Wildman–Crippen LogP) is 1.03. The minimum Gasteiger partial charge on any atom is -0.164 e. The van der Waals surface area contributed by atoms with E-state index in [2.05, 4.69) is 0 Å². The first-order valence-electron chi connectivity index (χ1n) is 1.41. The zero-order chi connectivity index (χ0) is 7.00.